The van der Waals surface area contributed by atoms with E-state index in [-0.39, 0.29) is 12.6 Å². The molecule has 0 radical (unpaired) electrons. The van der Waals surface area contributed by atoms with E-state index in [0.717, 1.165) is 18.6 Å². The zero-order valence-electron chi connectivity index (χ0n) is 16.5. The Balaban J connectivity index is 1.42. The Bertz CT molecular complexity index is 858. The number of urea groups is 1. The first-order chi connectivity index (χ1) is 13.5. The Kier molecular flexibility index (Phi) is 6.23. The van der Waals surface area contributed by atoms with E-state index in [0.29, 0.717) is 30.2 Å². The van der Waals surface area contributed by atoms with E-state index in [1.165, 1.54) is 29.6 Å². The second-order valence-electron chi connectivity index (χ2n) is 6.89. The molecule has 0 spiro atoms. The number of benzene rings is 1. The molecule has 0 fully saturated rings. The lowest BCUT2D eigenvalue weighted by atomic mass is 10.1. The number of hydrogen-bond acceptors (Lipinski definition) is 5. The molecule has 1 aliphatic rings. The minimum atomic E-state index is -0.455. The summed E-state index contributed by atoms with van der Waals surface area (Å²) >= 11 is 0. The summed E-state index contributed by atoms with van der Waals surface area (Å²) < 4.78 is 16.0. The summed E-state index contributed by atoms with van der Waals surface area (Å²) in [6.07, 6.45) is 3.46. The largest absolute Gasteiger partial charge is 0.492 e. The number of ether oxygens (including phenoxy) is 2. The van der Waals surface area contributed by atoms with Crippen molar-refractivity contribution in [3.05, 3.63) is 52.5 Å². The zero-order valence-corrected chi connectivity index (χ0v) is 16.5. The smallest absolute Gasteiger partial charge is 0.341 e. The standard InChI is InChI=1S/C21H26N2O5/c1-14-19(20(24)26-3)12-18(28-14)13-23(2)21(25)22-9-10-27-17-8-7-15-5-4-6-16(15)11-17/h7-8,11-12H,4-6,9-10,13H2,1-3H3,(H,22,25). The van der Waals surface area contributed by atoms with Crippen LogP contribution in [0.4, 0.5) is 4.79 Å². The second kappa shape index (κ2) is 8.82. The Morgan fingerprint density at radius 1 is 1.21 bits per heavy atom. The van der Waals surface area contributed by atoms with Gasteiger partial charge in [0.2, 0.25) is 0 Å². The Hall–Kier alpha value is -2.96. The van der Waals surface area contributed by atoms with Crippen LogP contribution in [-0.4, -0.2) is 44.2 Å². The van der Waals surface area contributed by atoms with Gasteiger partial charge in [0.25, 0.3) is 0 Å². The summed E-state index contributed by atoms with van der Waals surface area (Å²) in [7, 11) is 2.98. The van der Waals surface area contributed by atoms with Crippen molar-refractivity contribution < 1.29 is 23.5 Å². The molecule has 150 valence electrons. The van der Waals surface area contributed by atoms with Crippen LogP contribution >= 0.6 is 0 Å². The van der Waals surface area contributed by atoms with Gasteiger partial charge in [-0.3, -0.25) is 0 Å². The lowest BCUT2D eigenvalue weighted by Gasteiger charge is -2.17. The van der Waals surface area contributed by atoms with Crippen LogP contribution in [0.15, 0.2) is 28.7 Å². The van der Waals surface area contributed by atoms with Crippen LogP contribution in [0.1, 0.15) is 39.4 Å². The summed E-state index contributed by atoms with van der Waals surface area (Å²) in [6.45, 7) is 2.72. The van der Waals surface area contributed by atoms with Gasteiger partial charge in [-0.2, -0.15) is 0 Å². The molecule has 1 heterocycles. The lowest BCUT2D eigenvalue weighted by molar-refractivity contribution is 0.0598. The van der Waals surface area contributed by atoms with Crippen LogP contribution in [0, 0.1) is 6.92 Å². The van der Waals surface area contributed by atoms with Crippen molar-refractivity contribution in [1.29, 1.82) is 0 Å². The first kappa shape index (κ1) is 19.8. The molecule has 0 unspecified atom stereocenters. The average Bonchev–Trinajstić information content (AvgIpc) is 3.30. The number of amides is 2. The fraction of sp³-hybridized carbons (Fsp3) is 0.429. The third kappa shape index (κ3) is 4.65. The van der Waals surface area contributed by atoms with Gasteiger partial charge in [-0.15, -0.1) is 0 Å². The summed E-state index contributed by atoms with van der Waals surface area (Å²) in [6, 6.07) is 7.55. The summed E-state index contributed by atoms with van der Waals surface area (Å²) in [4.78, 5) is 25.3. The summed E-state index contributed by atoms with van der Waals surface area (Å²) in [5.74, 6) is 1.37. The molecule has 1 N–H and O–H groups in total. The first-order valence-corrected chi connectivity index (χ1v) is 9.39. The molecule has 28 heavy (non-hydrogen) atoms. The number of nitrogens with one attached hydrogen (secondary N) is 1. The molecule has 7 heteroatoms. The number of hydrogen-bond donors (Lipinski definition) is 1. The highest BCUT2D eigenvalue weighted by Crippen LogP contribution is 2.25. The Labute approximate surface area is 164 Å². The molecule has 0 atom stereocenters. The highest BCUT2D eigenvalue weighted by molar-refractivity contribution is 5.90. The molecule has 7 nitrogen and oxygen atoms in total. The number of fused-ring (bicyclic) bond motifs is 1. The van der Waals surface area contributed by atoms with Crippen LogP contribution in [0.2, 0.25) is 0 Å². The van der Waals surface area contributed by atoms with Crippen molar-refractivity contribution >= 4 is 12.0 Å². The molecule has 2 amide bonds. The van der Waals surface area contributed by atoms with Gasteiger partial charge in [0.15, 0.2) is 0 Å². The van der Waals surface area contributed by atoms with Crippen molar-refractivity contribution in [2.24, 2.45) is 0 Å². The van der Waals surface area contributed by atoms with Gasteiger partial charge in [-0.25, -0.2) is 9.59 Å². The molecule has 0 aliphatic heterocycles. The van der Waals surface area contributed by atoms with Crippen molar-refractivity contribution in [3.8, 4) is 5.75 Å². The third-order valence-electron chi connectivity index (χ3n) is 4.83. The van der Waals surface area contributed by atoms with Crippen molar-refractivity contribution in [1.82, 2.24) is 10.2 Å². The number of rotatable bonds is 7. The monoisotopic (exact) mass is 386 g/mol. The molecule has 3 rings (SSSR count). The number of esters is 1. The van der Waals surface area contributed by atoms with Crippen molar-refractivity contribution in [2.45, 2.75) is 32.7 Å². The van der Waals surface area contributed by atoms with Gasteiger partial charge in [0.05, 0.1) is 20.2 Å². The number of nitrogens with zero attached hydrogens (tertiary/aromatic N) is 1. The molecule has 1 aromatic carbocycles. The Morgan fingerprint density at radius 3 is 2.79 bits per heavy atom. The van der Waals surface area contributed by atoms with E-state index in [4.69, 9.17) is 13.9 Å². The normalized spacial score (nSPS) is 12.4. The van der Waals surface area contributed by atoms with Crippen LogP contribution in [0.25, 0.3) is 0 Å². The maximum atomic E-state index is 12.2. The molecular formula is C21H26N2O5. The molecule has 0 saturated heterocycles. The average molecular weight is 386 g/mol. The van der Waals surface area contributed by atoms with E-state index < -0.39 is 5.97 Å². The van der Waals surface area contributed by atoms with Gasteiger partial charge < -0.3 is 24.1 Å². The Morgan fingerprint density at radius 2 is 2.00 bits per heavy atom. The fourth-order valence-electron chi connectivity index (χ4n) is 3.34. The second-order valence-corrected chi connectivity index (χ2v) is 6.89. The van der Waals surface area contributed by atoms with Crippen molar-refractivity contribution in [3.63, 3.8) is 0 Å². The fourth-order valence-corrected chi connectivity index (χ4v) is 3.34. The van der Waals surface area contributed by atoms with Crippen LogP contribution in [0.3, 0.4) is 0 Å². The van der Waals surface area contributed by atoms with E-state index >= 15 is 0 Å². The predicted molar refractivity (Wildman–Crippen MR) is 104 cm³/mol. The van der Waals surface area contributed by atoms with E-state index in [1.54, 1.807) is 20.0 Å². The van der Waals surface area contributed by atoms with Crippen LogP contribution in [0.5, 0.6) is 5.75 Å². The van der Waals surface area contributed by atoms with Crippen LogP contribution < -0.4 is 10.1 Å². The van der Waals surface area contributed by atoms with Crippen LogP contribution in [-0.2, 0) is 24.1 Å². The topological polar surface area (TPSA) is 81.0 Å². The third-order valence-corrected chi connectivity index (χ3v) is 4.83. The van der Waals surface area contributed by atoms with E-state index in [2.05, 4.69) is 17.4 Å². The van der Waals surface area contributed by atoms with Gasteiger partial charge in [0, 0.05) is 7.05 Å². The zero-order chi connectivity index (χ0) is 20.1. The number of carbonyl (C=O) groups excluding carboxylic acids is 2. The molecule has 1 aromatic heterocycles. The van der Waals surface area contributed by atoms with Gasteiger partial charge >= 0.3 is 12.0 Å². The van der Waals surface area contributed by atoms with Gasteiger partial charge in [0.1, 0.15) is 29.4 Å². The minimum Gasteiger partial charge on any atom is -0.492 e. The quantitative estimate of drug-likeness (QED) is 0.584. The molecule has 0 bridgehead atoms. The van der Waals surface area contributed by atoms with E-state index in [9.17, 15) is 9.59 Å². The minimum absolute atomic E-state index is 0.244. The molecular weight excluding hydrogens is 360 g/mol. The van der Waals surface area contributed by atoms with Gasteiger partial charge in [-0.05, 0) is 55.5 Å². The van der Waals surface area contributed by atoms with E-state index in [1.807, 2.05) is 6.07 Å². The first-order valence-electron chi connectivity index (χ1n) is 9.39. The van der Waals surface area contributed by atoms with Crippen molar-refractivity contribution in [2.75, 3.05) is 27.3 Å². The number of furan rings is 1. The number of methoxy groups -OCH3 is 1. The summed E-state index contributed by atoms with van der Waals surface area (Å²) in [5.41, 5.74) is 3.14. The molecule has 1 aliphatic carbocycles. The molecule has 2 aromatic rings. The lowest BCUT2D eigenvalue weighted by Crippen LogP contribution is -2.38. The number of carbonyl (C=O) groups is 2. The maximum Gasteiger partial charge on any atom is 0.341 e. The highest BCUT2D eigenvalue weighted by atomic mass is 16.5. The predicted octanol–water partition coefficient (Wildman–Crippen LogP) is 3.08. The number of aryl methyl sites for hydroxylation is 3. The highest BCUT2D eigenvalue weighted by Gasteiger charge is 2.18. The summed E-state index contributed by atoms with van der Waals surface area (Å²) in [5, 5.41) is 2.81. The SMILES string of the molecule is COC(=O)c1cc(CN(C)C(=O)NCCOc2ccc3c(c2)CCC3)oc1C. The van der Waals surface area contributed by atoms with Gasteiger partial charge in [-0.1, -0.05) is 6.07 Å². The maximum absolute atomic E-state index is 12.2. The molecule has 0 saturated carbocycles.